The number of rotatable bonds is 2. The van der Waals surface area contributed by atoms with Crippen LogP contribution < -0.4 is 4.74 Å². The minimum absolute atomic E-state index is 0.256. The van der Waals surface area contributed by atoms with Gasteiger partial charge in [0, 0.05) is 23.6 Å². The van der Waals surface area contributed by atoms with E-state index in [-0.39, 0.29) is 22.5 Å². The molecule has 1 N–H and O–H groups in total. The van der Waals surface area contributed by atoms with Crippen LogP contribution in [0.15, 0.2) is 11.6 Å². The molecule has 2 rings (SSSR count). The van der Waals surface area contributed by atoms with Crippen molar-refractivity contribution in [2.24, 2.45) is 0 Å². The van der Waals surface area contributed by atoms with Gasteiger partial charge < -0.3 is 9.84 Å². The Balaban J connectivity index is 2.75. The SMILES string of the molecule is CC(=O)Oc1c(C(C)(C)C)cc(O)c(C=C2CCCCCCC2)c1C(C)(C)C. The highest BCUT2D eigenvalue weighted by Gasteiger charge is 2.32. The van der Waals surface area contributed by atoms with Crippen molar-refractivity contribution in [2.45, 2.75) is 104 Å². The van der Waals surface area contributed by atoms with Gasteiger partial charge in [-0.25, -0.2) is 0 Å². The molecule has 0 amide bonds. The highest BCUT2D eigenvalue weighted by Crippen LogP contribution is 2.46. The van der Waals surface area contributed by atoms with Crippen molar-refractivity contribution in [3.63, 3.8) is 0 Å². The van der Waals surface area contributed by atoms with Crippen LogP contribution in [-0.4, -0.2) is 11.1 Å². The van der Waals surface area contributed by atoms with Crippen LogP contribution in [0.1, 0.15) is 110 Å². The molecule has 1 aliphatic carbocycles. The fourth-order valence-electron chi connectivity index (χ4n) is 4.07. The molecule has 0 heterocycles. The largest absolute Gasteiger partial charge is 0.507 e. The van der Waals surface area contributed by atoms with Gasteiger partial charge in [-0.1, -0.05) is 72.5 Å². The molecule has 1 aromatic carbocycles. The second-order valence-corrected chi connectivity index (χ2v) is 10.2. The lowest BCUT2D eigenvalue weighted by molar-refractivity contribution is -0.132. The molecule has 0 aliphatic heterocycles. The maximum atomic E-state index is 11.9. The van der Waals surface area contributed by atoms with E-state index in [0.29, 0.717) is 5.75 Å². The first kappa shape index (κ1) is 22.5. The number of aromatic hydroxyl groups is 1. The molecule has 1 aliphatic rings. The van der Waals surface area contributed by atoms with Crippen LogP contribution in [0.25, 0.3) is 6.08 Å². The molecule has 1 aromatic rings. The molecule has 1 fully saturated rings. The zero-order chi connectivity index (χ0) is 21.1. The highest BCUT2D eigenvalue weighted by atomic mass is 16.5. The topological polar surface area (TPSA) is 46.5 Å². The van der Waals surface area contributed by atoms with Crippen molar-refractivity contribution in [1.82, 2.24) is 0 Å². The molecule has 0 bridgehead atoms. The molecular weight excluding hydrogens is 348 g/mol. The molecule has 28 heavy (non-hydrogen) atoms. The van der Waals surface area contributed by atoms with Gasteiger partial charge in [-0.3, -0.25) is 4.79 Å². The highest BCUT2D eigenvalue weighted by molar-refractivity contribution is 5.76. The molecule has 3 nitrogen and oxygen atoms in total. The third-order valence-corrected chi connectivity index (χ3v) is 5.45. The fraction of sp³-hybridized carbons (Fsp3) is 0.640. The van der Waals surface area contributed by atoms with E-state index in [4.69, 9.17) is 4.74 Å². The summed E-state index contributed by atoms with van der Waals surface area (Å²) in [6.07, 6.45) is 10.6. The number of carbonyl (C=O) groups is 1. The normalized spacial score (nSPS) is 16.3. The second kappa shape index (κ2) is 8.71. The number of hydrogen-bond donors (Lipinski definition) is 1. The maximum absolute atomic E-state index is 11.9. The van der Waals surface area contributed by atoms with E-state index in [0.717, 1.165) is 29.5 Å². The van der Waals surface area contributed by atoms with E-state index in [1.807, 2.05) is 0 Å². The first-order chi connectivity index (χ1) is 12.9. The van der Waals surface area contributed by atoms with Crippen molar-refractivity contribution in [2.75, 3.05) is 0 Å². The zero-order valence-corrected chi connectivity index (χ0v) is 18.9. The van der Waals surface area contributed by atoms with Crippen LogP contribution in [0, 0.1) is 0 Å². The summed E-state index contributed by atoms with van der Waals surface area (Å²) in [5.41, 5.74) is 3.45. The van der Waals surface area contributed by atoms with E-state index in [9.17, 15) is 9.90 Å². The molecule has 0 radical (unpaired) electrons. The Kier molecular flexibility index (Phi) is 7.01. The van der Waals surface area contributed by atoms with Crippen molar-refractivity contribution < 1.29 is 14.6 Å². The van der Waals surface area contributed by atoms with Gasteiger partial charge in [-0.05, 0) is 42.6 Å². The first-order valence-corrected chi connectivity index (χ1v) is 10.7. The lowest BCUT2D eigenvalue weighted by Crippen LogP contribution is -2.22. The predicted molar refractivity (Wildman–Crippen MR) is 117 cm³/mol. The Hall–Kier alpha value is -1.77. The number of carbonyl (C=O) groups excluding carboxylic acids is 1. The van der Waals surface area contributed by atoms with E-state index in [1.54, 1.807) is 6.07 Å². The molecule has 0 aromatic heterocycles. The van der Waals surface area contributed by atoms with Crippen LogP contribution in [0.2, 0.25) is 0 Å². The minimum Gasteiger partial charge on any atom is -0.507 e. The van der Waals surface area contributed by atoms with Crippen LogP contribution >= 0.6 is 0 Å². The molecule has 0 saturated heterocycles. The van der Waals surface area contributed by atoms with Gasteiger partial charge in [0.2, 0.25) is 0 Å². The molecule has 0 atom stereocenters. The lowest BCUT2D eigenvalue weighted by Gasteiger charge is -2.31. The standard InChI is InChI=1S/C25H38O3/c1-17(26)28-23-20(24(2,3)4)16-21(27)19(22(23)25(5,6)7)15-18-13-11-9-8-10-12-14-18/h15-16,27H,8-14H2,1-7H3. The number of esters is 1. The summed E-state index contributed by atoms with van der Waals surface area (Å²) in [5, 5.41) is 11.0. The summed E-state index contributed by atoms with van der Waals surface area (Å²) in [4.78, 5) is 11.9. The summed E-state index contributed by atoms with van der Waals surface area (Å²) in [6, 6.07) is 1.79. The van der Waals surface area contributed by atoms with Crippen LogP contribution in [-0.2, 0) is 15.6 Å². The van der Waals surface area contributed by atoms with Gasteiger partial charge in [-0.15, -0.1) is 0 Å². The summed E-state index contributed by atoms with van der Waals surface area (Å²) >= 11 is 0. The van der Waals surface area contributed by atoms with Crippen molar-refractivity contribution in [3.05, 3.63) is 28.3 Å². The second-order valence-electron chi connectivity index (χ2n) is 10.2. The van der Waals surface area contributed by atoms with Gasteiger partial charge in [0.15, 0.2) is 0 Å². The van der Waals surface area contributed by atoms with E-state index < -0.39 is 0 Å². The molecule has 156 valence electrons. The number of benzene rings is 1. The minimum atomic E-state index is -0.328. The summed E-state index contributed by atoms with van der Waals surface area (Å²) in [6.45, 7) is 14.0. The van der Waals surface area contributed by atoms with Gasteiger partial charge in [0.1, 0.15) is 11.5 Å². The monoisotopic (exact) mass is 386 g/mol. The van der Waals surface area contributed by atoms with Crippen LogP contribution in [0.3, 0.4) is 0 Å². The Morgan fingerprint density at radius 2 is 1.50 bits per heavy atom. The third kappa shape index (κ3) is 5.62. The Morgan fingerprint density at radius 1 is 0.964 bits per heavy atom. The summed E-state index contributed by atoms with van der Waals surface area (Å²) < 4.78 is 5.78. The third-order valence-electron chi connectivity index (χ3n) is 5.45. The molecule has 1 saturated carbocycles. The first-order valence-electron chi connectivity index (χ1n) is 10.7. The molecular formula is C25H38O3. The number of phenols is 1. The summed E-state index contributed by atoms with van der Waals surface area (Å²) in [5.74, 6) is 0.564. The van der Waals surface area contributed by atoms with Gasteiger partial charge >= 0.3 is 5.97 Å². The Morgan fingerprint density at radius 3 is 1.96 bits per heavy atom. The van der Waals surface area contributed by atoms with E-state index in [2.05, 4.69) is 47.6 Å². The molecule has 0 spiro atoms. The molecule has 3 heteroatoms. The van der Waals surface area contributed by atoms with Gasteiger partial charge in [0.25, 0.3) is 0 Å². The Labute approximate surface area is 171 Å². The average molecular weight is 387 g/mol. The van der Waals surface area contributed by atoms with Crippen molar-refractivity contribution in [1.29, 1.82) is 0 Å². The number of phenolic OH excluding ortho intramolecular Hbond substituents is 1. The van der Waals surface area contributed by atoms with E-state index in [1.165, 1.54) is 44.6 Å². The zero-order valence-electron chi connectivity index (χ0n) is 18.9. The van der Waals surface area contributed by atoms with Gasteiger partial charge in [0.05, 0.1) is 0 Å². The Bertz CT molecular complexity index is 733. The van der Waals surface area contributed by atoms with Crippen LogP contribution in [0.5, 0.6) is 11.5 Å². The van der Waals surface area contributed by atoms with Gasteiger partial charge in [-0.2, -0.15) is 0 Å². The smallest absolute Gasteiger partial charge is 0.308 e. The van der Waals surface area contributed by atoms with E-state index >= 15 is 0 Å². The quantitative estimate of drug-likeness (QED) is 0.438. The van der Waals surface area contributed by atoms with Crippen molar-refractivity contribution >= 4 is 12.0 Å². The number of allylic oxidation sites excluding steroid dienone is 1. The summed E-state index contributed by atoms with van der Waals surface area (Å²) in [7, 11) is 0. The average Bonchev–Trinajstić information content (AvgIpc) is 2.49. The maximum Gasteiger partial charge on any atom is 0.308 e. The van der Waals surface area contributed by atoms with Crippen LogP contribution in [0.4, 0.5) is 0 Å². The molecule has 0 unspecified atom stereocenters. The number of ether oxygens (including phenoxy) is 1. The predicted octanol–water partition coefficient (Wildman–Crippen LogP) is 7.04. The number of hydrogen-bond acceptors (Lipinski definition) is 3. The lowest BCUT2D eigenvalue weighted by atomic mass is 9.76. The fourth-order valence-corrected chi connectivity index (χ4v) is 4.07. The van der Waals surface area contributed by atoms with Crippen molar-refractivity contribution in [3.8, 4) is 11.5 Å².